The molecule has 0 radical (unpaired) electrons. The molecule has 0 saturated heterocycles. The Bertz CT molecular complexity index is 480. The fourth-order valence-corrected chi connectivity index (χ4v) is 1.71. The van der Waals surface area contributed by atoms with Gasteiger partial charge in [0.25, 0.3) is 0 Å². The average molecular weight is 229 g/mol. The Labute approximate surface area is 101 Å². The van der Waals surface area contributed by atoms with Crippen molar-refractivity contribution in [3.8, 4) is 5.75 Å². The van der Waals surface area contributed by atoms with E-state index >= 15 is 0 Å². The zero-order chi connectivity index (χ0) is 12.1. The van der Waals surface area contributed by atoms with Crippen LogP contribution in [-0.4, -0.2) is 17.2 Å². The number of pyridine rings is 1. The summed E-state index contributed by atoms with van der Waals surface area (Å²) in [5.41, 5.74) is 2.95. The van der Waals surface area contributed by atoms with Crippen molar-refractivity contribution >= 4 is 0 Å². The molecule has 0 amide bonds. The van der Waals surface area contributed by atoms with Crippen molar-refractivity contribution in [2.24, 2.45) is 0 Å². The standard InChI is InChI=1S/C14H15NO2/c1-17-13-6-4-11(5-7-13)9-14-12(10-16)3-2-8-15-14/h2-8,16H,9-10H2,1H3. The van der Waals surface area contributed by atoms with E-state index in [4.69, 9.17) is 4.74 Å². The number of benzene rings is 1. The number of rotatable bonds is 4. The largest absolute Gasteiger partial charge is 0.497 e. The number of hydrogen-bond acceptors (Lipinski definition) is 3. The van der Waals surface area contributed by atoms with Gasteiger partial charge in [0.1, 0.15) is 5.75 Å². The molecule has 0 fully saturated rings. The molecule has 88 valence electrons. The van der Waals surface area contributed by atoms with E-state index in [0.717, 1.165) is 29.0 Å². The van der Waals surface area contributed by atoms with Gasteiger partial charge in [-0.15, -0.1) is 0 Å². The van der Waals surface area contributed by atoms with Crippen LogP contribution in [0, 0.1) is 0 Å². The highest BCUT2D eigenvalue weighted by molar-refractivity contribution is 5.31. The summed E-state index contributed by atoms with van der Waals surface area (Å²) in [7, 11) is 1.65. The molecule has 1 aromatic heterocycles. The smallest absolute Gasteiger partial charge is 0.118 e. The Kier molecular flexibility index (Phi) is 3.73. The lowest BCUT2D eigenvalue weighted by Crippen LogP contribution is -1.98. The molecule has 0 aliphatic rings. The molecule has 0 unspecified atom stereocenters. The average Bonchev–Trinajstić information content (AvgIpc) is 2.40. The van der Waals surface area contributed by atoms with Gasteiger partial charge < -0.3 is 9.84 Å². The lowest BCUT2D eigenvalue weighted by Gasteiger charge is -2.06. The fourth-order valence-electron chi connectivity index (χ4n) is 1.71. The maximum absolute atomic E-state index is 9.22. The third-order valence-corrected chi connectivity index (χ3v) is 2.69. The molecule has 1 aromatic carbocycles. The van der Waals surface area contributed by atoms with Crippen LogP contribution in [0.3, 0.4) is 0 Å². The summed E-state index contributed by atoms with van der Waals surface area (Å²) in [4.78, 5) is 4.30. The first-order chi connectivity index (χ1) is 8.33. The van der Waals surface area contributed by atoms with Crippen LogP contribution >= 0.6 is 0 Å². The number of nitrogens with zero attached hydrogens (tertiary/aromatic N) is 1. The zero-order valence-electron chi connectivity index (χ0n) is 9.76. The van der Waals surface area contributed by atoms with Crippen molar-refractivity contribution in [1.29, 1.82) is 0 Å². The van der Waals surface area contributed by atoms with E-state index in [0.29, 0.717) is 0 Å². The van der Waals surface area contributed by atoms with Crippen LogP contribution in [0.1, 0.15) is 16.8 Å². The van der Waals surface area contributed by atoms with Crippen molar-refractivity contribution in [2.45, 2.75) is 13.0 Å². The van der Waals surface area contributed by atoms with E-state index in [2.05, 4.69) is 4.98 Å². The Hall–Kier alpha value is -1.87. The van der Waals surface area contributed by atoms with E-state index in [9.17, 15) is 5.11 Å². The van der Waals surface area contributed by atoms with Gasteiger partial charge in [-0.25, -0.2) is 0 Å². The van der Waals surface area contributed by atoms with Gasteiger partial charge in [0, 0.05) is 12.6 Å². The quantitative estimate of drug-likeness (QED) is 0.873. The van der Waals surface area contributed by atoms with Crippen molar-refractivity contribution in [3.05, 3.63) is 59.4 Å². The Balaban J connectivity index is 2.19. The molecule has 3 nitrogen and oxygen atoms in total. The molecule has 0 atom stereocenters. The Morgan fingerprint density at radius 3 is 2.59 bits per heavy atom. The minimum Gasteiger partial charge on any atom is -0.497 e. The molecular weight excluding hydrogens is 214 g/mol. The second kappa shape index (κ2) is 5.46. The van der Waals surface area contributed by atoms with Gasteiger partial charge in [-0.05, 0) is 29.3 Å². The van der Waals surface area contributed by atoms with Gasteiger partial charge in [0.05, 0.1) is 19.4 Å². The molecule has 1 N–H and O–H groups in total. The van der Waals surface area contributed by atoms with Gasteiger partial charge >= 0.3 is 0 Å². The molecule has 2 aromatic rings. The van der Waals surface area contributed by atoms with Gasteiger partial charge in [-0.1, -0.05) is 18.2 Å². The minimum absolute atomic E-state index is 0.0271. The van der Waals surface area contributed by atoms with E-state index < -0.39 is 0 Å². The maximum atomic E-state index is 9.22. The van der Waals surface area contributed by atoms with Crippen molar-refractivity contribution in [1.82, 2.24) is 4.98 Å². The van der Waals surface area contributed by atoms with Gasteiger partial charge in [-0.3, -0.25) is 4.98 Å². The predicted molar refractivity (Wildman–Crippen MR) is 66.0 cm³/mol. The van der Waals surface area contributed by atoms with Crippen LogP contribution in [0.2, 0.25) is 0 Å². The second-order valence-corrected chi connectivity index (χ2v) is 3.79. The van der Waals surface area contributed by atoms with E-state index in [-0.39, 0.29) is 6.61 Å². The number of aliphatic hydroxyl groups excluding tert-OH is 1. The molecule has 3 heteroatoms. The lowest BCUT2D eigenvalue weighted by atomic mass is 10.1. The first kappa shape index (κ1) is 11.6. The Morgan fingerprint density at radius 1 is 1.18 bits per heavy atom. The molecule has 2 rings (SSSR count). The normalized spacial score (nSPS) is 10.2. The highest BCUT2D eigenvalue weighted by Crippen LogP contribution is 2.15. The topological polar surface area (TPSA) is 42.4 Å². The molecule has 0 spiro atoms. The summed E-state index contributed by atoms with van der Waals surface area (Å²) >= 11 is 0. The summed E-state index contributed by atoms with van der Waals surface area (Å²) in [5, 5.41) is 9.22. The molecule has 0 bridgehead atoms. The number of hydrogen-bond donors (Lipinski definition) is 1. The SMILES string of the molecule is COc1ccc(Cc2ncccc2CO)cc1. The zero-order valence-corrected chi connectivity index (χ0v) is 9.76. The second-order valence-electron chi connectivity index (χ2n) is 3.79. The fraction of sp³-hybridized carbons (Fsp3) is 0.214. The maximum Gasteiger partial charge on any atom is 0.118 e. The monoisotopic (exact) mass is 229 g/mol. The molecule has 1 heterocycles. The van der Waals surface area contributed by atoms with E-state index in [1.807, 2.05) is 36.4 Å². The number of ether oxygens (including phenoxy) is 1. The molecule has 0 aliphatic heterocycles. The van der Waals surface area contributed by atoms with Crippen LogP contribution in [0.25, 0.3) is 0 Å². The molecule has 0 saturated carbocycles. The molecule has 0 aliphatic carbocycles. The van der Waals surface area contributed by atoms with Gasteiger partial charge in [-0.2, -0.15) is 0 Å². The lowest BCUT2D eigenvalue weighted by molar-refractivity contribution is 0.280. The van der Waals surface area contributed by atoms with E-state index in [1.54, 1.807) is 13.3 Å². The van der Waals surface area contributed by atoms with Crippen LogP contribution in [0.15, 0.2) is 42.6 Å². The third kappa shape index (κ3) is 2.82. The number of methoxy groups -OCH3 is 1. The Morgan fingerprint density at radius 2 is 1.94 bits per heavy atom. The third-order valence-electron chi connectivity index (χ3n) is 2.69. The minimum atomic E-state index is 0.0271. The molecular formula is C14H15NO2. The van der Waals surface area contributed by atoms with Crippen molar-refractivity contribution in [3.63, 3.8) is 0 Å². The van der Waals surface area contributed by atoms with Gasteiger partial charge in [0.2, 0.25) is 0 Å². The number of aliphatic hydroxyl groups is 1. The first-order valence-electron chi connectivity index (χ1n) is 5.50. The summed E-state index contributed by atoms with van der Waals surface area (Å²) in [6.45, 7) is 0.0271. The molecule has 17 heavy (non-hydrogen) atoms. The van der Waals surface area contributed by atoms with Crippen molar-refractivity contribution in [2.75, 3.05) is 7.11 Å². The highest BCUT2D eigenvalue weighted by atomic mass is 16.5. The highest BCUT2D eigenvalue weighted by Gasteiger charge is 2.03. The number of aromatic nitrogens is 1. The van der Waals surface area contributed by atoms with Gasteiger partial charge in [0.15, 0.2) is 0 Å². The summed E-state index contributed by atoms with van der Waals surface area (Å²) in [6, 6.07) is 11.6. The van der Waals surface area contributed by atoms with Crippen molar-refractivity contribution < 1.29 is 9.84 Å². The first-order valence-corrected chi connectivity index (χ1v) is 5.50. The predicted octanol–water partition coefficient (Wildman–Crippen LogP) is 2.17. The van der Waals surface area contributed by atoms with E-state index in [1.165, 1.54) is 0 Å². The summed E-state index contributed by atoms with van der Waals surface area (Å²) in [5.74, 6) is 0.845. The van der Waals surface area contributed by atoms with Crippen LogP contribution in [-0.2, 0) is 13.0 Å². The summed E-state index contributed by atoms with van der Waals surface area (Å²) < 4.78 is 5.11. The summed E-state index contributed by atoms with van der Waals surface area (Å²) in [6.07, 6.45) is 2.47. The van der Waals surface area contributed by atoms with Crippen LogP contribution < -0.4 is 4.74 Å². The van der Waals surface area contributed by atoms with Crippen LogP contribution in [0.5, 0.6) is 5.75 Å². The van der Waals surface area contributed by atoms with Crippen LogP contribution in [0.4, 0.5) is 0 Å².